The lowest BCUT2D eigenvalue weighted by atomic mass is 10.0. The minimum absolute atomic E-state index is 0.329. The van der Waals surface area contributed by atoms with Crippen LogP contribution in [0.4, 0.5) is 0 Å². The fraction of sp³-hybridized carbons (Fsp3) is 1.00. The summed E-state index contributed by atoms with van der Waals surface area (Å²) >= 11 is 0. The van der Waals surface area contributed by atoms with Gasteiger partial charge in [0.15, 0.2) is 0 Å². The fourth-order valence-corrected chi connectivity index (χ4v) is 5.07. The van der Waals surface area contributed by atoms with Crippen LogP contribution in [0.25, 0.3) is 0 Å². The third-order valence-corrected chi connectivity index (χ3v) is 7.51. The molecule has 0 aliphatic heterocycles. The maximum absolute atomic E-state index is 2.76. The highest BCUT2D eigenvalue weighted by atomic mass is 15.2. The Labute approximate surface area is 212 Å². The molecule has 0 atom stereocenters. The number of rotatable bonds is 26. The third kappa shape index (κ3) is 24.9. The molecule has 1 heteroatoms. The van der Waals surface area contributed by atoms with Crippen molar-refractivity contribution in [3.63, 3.8) is 0 Å². The molecule has 0 heterocycles. The fourth-order valence-electron chi connectivity index (χ4n) is 5.07. The zero-order valence-electron chi connectivity index (χ0n) is 24.3. The second-order valence-corrected chi connectivity index (χ2v) is 11.9. The summed E-state index contributed by atoms with van der Waals surface area (Å²) in [6.45, 7) is 14.5. The highest BCUT2D eigenvalue weighted by Crippen LogP contribution is 2.18. The van der Waals surface area contributed by atoms with Gasteiger partial charge < -0.3 is 0 Å². The maximum atomic E-state index is 2.76. The first kappa shape index (κ1) is 33.0. The zero-order chi connectivity index (χ0) is 24.5. The quantitative estimate of drug-likeness (QED) is 0.115. The SMILES string of the molecule is CCCCCCCCCCCCCCN(CCCCCCCCCCCCCC)C(C)(C)C. The average molecular weight is 466 g/mol. The van der Waals surface area contributed by atoms with Crippen LogP contribution >= 0.6 is 0 Å². The van der Waals surface area contributed by atoms with Gasteiger partial charge >= 0.3 is 0 Å². The van der Waals surface area contributed by atoms with E-state index >= 15 is 0 Å². The lowest BCUT2D eigenvalue weighted by Crippen LogP contribution is -2.42. The molecule has 200 valence electrons. The van der Waals surface area contributed by atoms with Crippen molar-refractivity contribution in [2.45, 2.75) is 194 Å². The van der Waals surface area contributed by atoms with Crippen molar-refractivity contribution in [2.24, 2.45) is 0 Å². The molecular weight excluding hydrogens is 398 g/mol. The molecule has 0 spiro atoms. The van der Waals surface area contributed by atoms with Gasteiger partial charge in [-0.1, -0.05) is 155 Å². The molecule has 0 aromatic rings. The second kappa shape index (κ2) is 25.1. The molecule has 0 saturated heterocycles. The second-order valence-electron chi connectivity index (χ2n) is 11.9. The van der Waals surface area contributed by atoms with E-state index in [1.165, 1.54) is 167 Å². The molecule has 0 unspecified atom stereocenters. The Kier molecular flexibility index (Phi) is 25.0. The third-order valence-electron chi connectivity index (χ3n) is 7.51. The Morgan fingerprint density at radius 1 is 0.333 bits per heavy atom. The van der Waals surface area contributed by atoms with Crippen molar-refractivity contribution in [3.8, 4) is 0 Å². The van der Waals surface area contributed by atoms with Gasteiger partial charge in [-0.3, -0.25) is 4.90 Å². The van der Waals surface area contributed by atoms with Gasteiger partial charge in [0.05, 0.1) is 0 Å². The van der Waals surface area contributed by atoms with Gasteiger partial charge in [-0.05, 0) is 46.7 Å². The van der Waals surface area contributed by atoms with E-state index in [1.807, 2.05) is 0 Å². The Balaban J connectivity index is 3.56. The Morgan fingerprint density at radius 2 is 0.545 bits per heavy atom. The monoisotopic (exact) mass is 466 g/mol. The van der Waals surface area contributed by atoms with E-state index in [2.05, 4.69) is 39.5 Å². The summed E-state index contributed by atoms with van der Waals surface area (Å²) in [7, 11) is 0. The maximum Gasteiger partial charge on any atom is 0.0125 e. The van der Waals surface area contributed by atoms with Crippen molar-refractivity contribution in [2.75, 3.05) is 13.1 Å². The van der Waals surface area contributed by atoms with Crippen LogP contribution in [0, 0.1) is 0 Å². The van der Waals surface area contributed by atoms with Crippen LogP contribution in [0.5, 0.6) is 0 Å². The Morgan fingerprint density at radius 3 is 0.758 bits per heavy atom. The van der Waals surface area contributed by atoms with Gasteiger partial charge in [-0.25, -0.2) is 0 Å². The molecular formula is C32H67N. The molecule has 0 bridgehead atoms. The molecule has 0 fully saturated rings. The van der Waals surface area contributed by atoms with E-state index in [0.29, 0.717) is 5.54 Å². The van der Waals surface area contributed by atoms with E-state index in [1.54, 1.807) is 0 Å². The van der Waals surface area contributed by atoms with Crippen molar-refractivity contribution < 1.29 is 0 Å². The lowest BCUT2D eigenvalue weighted by Gasteiger charge is -2.36. The number of hydrogen-bond donors (Lipinski definition) is 0. The minimum atomic E-state index is 0.329. The number of unbranched alkanes of at least 4 members (excludes halogenated alkanes) is 22. The largest absolute Gasteiger partial charge is 0.298 e. The van der Waals surface area contributed by atoms with Gasteiger partial charge in [-0.2, -0.15) is 0 Å². The molecule has 0 N–H and O–H groups in total. The standard InChI is InChI=1S/C32H67N/c1-6-8-10-12-14-16-18-20-22-24-26-28-30-33(32(3,4)5)31-29-27-25-23-21-19-17-15-13-11-9-7-2/h6-31H2,1-5H3. The molecule has 0 aromatic heterocycles. The van der Waals surface area contributed by atoms with Crippen LogP contribution in [-0.2, 0) is 0 Å². The van der Waals surface area contributed by atoms with E-state index in [0.717, 1.165) is 0 Å². The van der Waals surface area contributed by atoms with Crippen molar-refractivity contribution in [1.29, 1.82) is 0 Å². The van der Waals surface area contributed by atoms with E-state index in [4.69, 9.17) is 0 Å². The summed E-state index contributed by atoms with van der Waals surface area (Å²) in [5, 5.41) is 0. The molecule has 0 radical (unpaired) electrons. The molecule has 0 aliphatic rings. The Bertz CT molecular complexity index is 328. The summed E-state index contributed by atoms with van der Waals surface area (Å²) in [4.78, 5) is 2.76. The minimum Gasteiger partial charge on any atom is -0.298 e. The molecule has 0 amide bonds. The van der Waals surface area contributed by atoms with Gasteiger partial charge in [-0.15, -0.1) is 0 Å². The summed E-state index contributed by atoms with van der Waals surface area (Å²) in [6.07, 6.45) is 34.7. The number of nitrogens with zero attached hydrogens (tertiary/aromatic N) is 1. The van der Waals surface area contributed by atoms with Crippen LogP contribution in [0.15, 0.2) is 0 Å². The zero-order valence-corrected chi connectivity index (χ0v) is 24.3. The van der Waals surface area contributed by atoms with Crippen LogP contribution < -0.4 is 0 Å². The number of hydrogen-bond acceptors (Lipinski definition) is 1. The van der Waals surface area contributed by atoms with Crippen LogP contribution in [0.2, 0.25) is 0 Å². The van der Waals surface area contributed by atoms with E-state index in [9.17, 15) is 0 Å². The van der Waals surface area contributed by atoms with Crippen molar-refractivity contribution >= 4 is 0 Å². The molecule has 0 saturated carbocycles. The molecule has 33 heavy (non-hydrogen) atoms. The van der Waals surface area contributed by atoms with Gasteiger partial charge in [0.25, 0.3) is 0 Å². The lowest BCUT2D eigenvalue weighted by molar-refractivity contribution is 0.130. The van der Waals surface area contributed by atoms with Crippen molar-refractivity contribution in [1.82, 2.24) is 4.90 Å². The van der Waals surface area contributed by atoms with E-state index in [-0.39, 0.29) is 0 Å². The highest BCUT2D eigenvalue weighted by Gasteiger charge is 2.19. The van der Waals surface area contributed by atoms with Gasteiger partial charge in [0.2, 0.25) is 0 Å². The first-order chi connectivity index (χ1) is 16.0. The van der Waals surface area contributed by atoms with E-state index < -0.39 is 0 Å². The predicted molar refractivity (Wildman–Crippen MR) is 153 cm³/mol. The molecule has 1 nitrogen and oxygen atoms in total. The van der Waals surface area contributed by atoms with Crippen LogP contribution in [0.1, 0.15) is 189 Å². The van der Waals surface area contributed by atoms with Crippen LogP contribution in [-0.4, -0.2) is 23.5 Å². The molecule has 0 aromatic carbocycles. The normalized spacial score (nSPS) is 12.2. The van der Waals surface area contributed by atoms with Gasteiger partial charge in [0, 0.05) is 5.54 Å². The summed E-state index contributed by atoms with van der Waals surface area (Å²) in [5.41, 5.74) is 0.329. The molecule has 0 aliphatic carbocycles. The summed E-state index contributed by atoms with van der Waals surface area (Å²) in [5.74, 6) is 0. The van der Waals surface area contributed by atoms with Crippen molar-refractivity contribution in [3.05, 3.63) is 0 Å². The highest BCUT2D eigenvalue weighted by molar-refractivity contribution is 4.76. The molecule has 0 rings (SSSR count). The first-order valence-corrected chi connectivity index (χ1v) is 15.8. The Hall–Kier alpha value is -0.0400. The van der Waals surface area contributed by atoms with Crippen LogP contribution in [0.3, 0.4) is 0 Å². The topological polar surface area (TPSA) is 3.24 Å². The smallest absolute Gasteiger partial charge is 0.0125 e. The first-order valence-electron chi connectivity index (χ1n) is 15.8. The average Bonchev–Trinajstić information content (AvgIpc) is 2.78. The van der Waals surface area contributed by atoms with Gasteiger partial charge in [0.1, 0.15) is 0 Å². The summed E-state index contributed by atoms with van der Waals surface area (Å²) < 4.78 is 0. The summed E-state index contributed by atoms with van der Waals surface area (Å²) in [6, 6.07) is 0. The predicted octanol–water partition coefficient (Wildman–Crippen LogP) is 11.5.